The molecule has 0 saturated carbocycles. The number of hydrogen-bond acceptors (Lipinski definition) is 4. The third-order valence-electron chi connectivity index (χ3n) is 3.83. The number of hydrogen-bond donors (Lipinski definition) is 1. The first-order valence-electron chi connectivity index (χ1n) is 7.99. The zero-order valence-corrected chi connectivity index (χ0v) is 14.7. The van der Waals surface area contributed by atoms with E-state index < -0.39 is 0 Å². The van der Waals surface area contributed by atoms with Crippen LogP contribution in [-0.2, 0) is 16.0 Å². The van der Waals surface area contributed by atoms with E-state index in [1.54, 1.807) is 14.2 Å². The van der Waals surface area contributed by atoms with Crippen molar-refractivity contribution >= 4 is 17.3 Å². The maximum absolute atomic E-state index is 5.76. The van der Waals surface area contributed by atoms with Gasteiger partial charge in [0.1, 0.15) is 5.75 Å². The maximum Gasteiger partial charge on any atom is 0.169 e. The molecule has 0 bridgehead atoms. The highest BCUT2D eigenvalue weighted by Gasteiger charge is 2.21. The van der Waals surface area contributed by atoms with Gasteiger partial charge in [-0.2, -0.15) is 0 Å². The molecule has 0 aliphatic carbocycles. The van der Waals surface area contributed by atoms with Gasteiger partial charge in [-0.15, -0.1) is 0 Å². The molecule has 1 heterocycles. The van der Waals surface area contributed by atoms with Crippen LogP contribution in [0.15, 0.2) is 24.3 Å². The van der Waals surface area contributed by atoms with Gasteiger partial charge in [-0.1, -0.05) is 12.1 Å². The number of thiocarbonyl (C=S) groups is 1. The Morgan fingerprint density at radius 2 is 2.30 bits per heavy atom. The summed E-state index contributed by atoms with van der Waals surface area (Å²) in [5.41, 5.74) is 1.17. The van der Waals surface area contributed by atoms with Crippen LogP contribution in [0.4, 0.5) is 0 Å². The Balaban J connectivity index is 2.00. The fraction of sp³-hybridized carbons (Fsp3) is 0.588. The Labute approximate surface area is 143 Å². The van der Waals surface area contributed by atoms with Gasteiger partial charge in [0.05, 0.1) is 19.8 Å². The van der Waals surface area contributed by atoms with Crippen molar-refractivity contribution in [3.63, 3.8) is 0 Å². The molecule has 1 fully saturated rings. The quantitative estimate of drug-likeness (QED) is 0.579. The summed E-state index contributed by atoms with van der Waals surface area (Å²) in [6, 6.07) is 8.08. The third kappa shape index (κ3) is 5.97. The summed E-state index contributed by atoms with van der Waals surface area (Å²) in [5, 5.41) is 3.99. The van der Waals surface area contributed by atoms with Crippen molar-refractivity contribution in [2.45, 2.75) is 25.5 Å². The van der Waals surface area contributed by atoms with Gasteiger partial charge in [0.25, 0.3) is 0 Å². The lowest BCUT2D eigenvalue weighted by molar-refractivity contribution is 0.0896. The largest absolute Gasteiger partial charge is 0.497 e. The van der Waals surface area contributed by atoms with Crippen LogP contribution in [0.2, 0.25) is 0 Å². The molecular formula is C17H26N2O3S. The van der Waals surface area contributed by atoms with Crippen LogP contribution < -0.4 is 10.1 Å². The van der Waals surface area contributed by atoms with Gasteiger partial charge in [-0.05, 0) is 42.8 Å². The van der Waals surface area contributed by atoms with Crippen LogP contribution in [-0.4, -0.2) is 56.6 Å². The number of rotatable bonds is 8. The molecule has 0 aromatic heterocycles. The molecule has 0 spiro atoms. The first-order valence-corrected chi connectivity index (χ1v) is 8.40. The fourth-order valence-electron chi connectivity index (χ4n) is 2.62. The molecule has 1 aromatic carbocycles. The van der Waals surface area contributed by atoms with E-state index in [1.165, 1.54) is 5.56 Å². The van der Waals surface area contributed by atoms with E-state index in [9.17, 15) is 0 Å². The van der Waals surface area contributed by atoms with E-state index in [0.717, 1.165) is 43.4 Å². The second-order valence-electron chi connectivity index (χ2n) is 5.59. The predicted octanol–water partition coefficient (Wildman–Crippen LogP) is 2.20. The zero-order chi connectivity index (χ0) is 16.5. The van der Waals surface area contributed by atoms with Crippen molar-refractivity contribution in [2.24, 2.45) is 0 Å². The summed E-state index contributed by atoms with van der Waals surface area (Å²) in [4.78, 5) is 2.16. The maximum atomic E-state index is 5.76. The van der Waals surface area contributed by atoms with Crippen LogP contribution in [0, 0.1) is 0 Å². The molecule has 1 unspecified atom stereocenters. The molecule has 6 heteroatoms. The fourth-order valence-corrected chi connectivity index (χ4v) is 2.86. The minimum Gasteiger partial charge on any atom is -0.497 e. The molecule has 23 heavy (non-hydrogen) atoms. The number of ether oxygens (including phenoxy) is 3. The smallest absolute Gasteiger partial charge is 0.169 e. The van der Waals surface area contributed by atoms with Crippen molar-refractivity contribution < 1.29 is 14.2 Å². The molecule has 1 atom stereocenters. The summed E-state index contributed by atoms with van der Waals surface area (Å²) < 4.78 is 16.1. The number of methoxy groups -OCH3 is 2. The number of nitrogens with zero attached hydrogens (tertiary/aromatic N) is 1. The van der Waals surface area contributed by atoms with Crippen LogP contribution in [0.1, 0.15) is 18.4 Å². The van der Waals surface area contributed by atoms with Crippen molar-refractivity contribution in [3.05, 3.63) is 29.8 Å². The SMILES string of the molecule is COCCNC(=S)N(Cc1cccc(OC)c1)CC1CCCO1. The summed E-state index contributed by atoms with van der Waals surface area (Å²) in [6.45, 7) is 3.72. The van der Waals surface area contributed by atoms with Gasteiger partial charge in [0.15, 0.2) is 5.11 Å². The van der Waals surface area contributed by atoms with Gasteiger partial charge >= 0.3 is 0 Å². The van der Waals surface area contributed by atoms with Crippen molar-refractivity contribution in [1.82, 2.24) is 10.2 Å². The lowest BCUT2D eigenvalue weighted by Crippen LogP contribution is -2.44. The van der Waals surface area contributed by atoms with E-state index in [4.69, 9.17) is 26.4 Å². The molecule has 5 nitrogen and oxygen atoms in total. The topological polar surface area (TPSA) is 43.0 Å². The molecule has 2 rings (SSSR count). The van der Waals surface area contributed by atoms with Crippen molar-refractivity contribution in [2.75, 3.05) is 40.5 Å². The average Bonchev–Trinajstić information content (AvgIpc) is 3.07. The molecule has 0 amide bonds. The van der Waals surface area contributed by atoms with Gasteiger partial charge < -0.3 is 24.4 Å². The number of nitrogens with one attached hydrogen (secondary N) is 1. The zero-order valence-electron chi connectivity index (χ0n) is 13.9. The van der Waals surface area contributed by atoms with Gasteiger partial charge in [-0.3, -0.25) is 0 Å². The van der Waals surface area contributed by atoms with Crippen LogP contribution in [0.25, 0.3) is 0 Å². The Bertz CT molecular complexity index is 492. The first kappa shape index (κ1) is 18.0. The third-order valence-corrected chi connectivity index (χ3v) is 4.23. The Hall–Kier alpha value is -1.37. The monoisotopic (exact) mass is 338 g/mol. The van der Waals surface area contributed by atoms with Crippen LogP contribution >= 0.6 is 12.2 Å². The molecule has 128 valence electrons. The highest BCUT2D eigenvalue weighted by Crippen LogP contribution is 2.18. The number of benzene rings is 1. The van der Waals surface area contributed by atoms with E-state index in [0.29, 0.717) is 13.2 Å². The van der Waals surface area contributed by atoms with Crippen molar-refractivity contribution in [3.8, 4) is 5.75 Å². The van der Waals surface area contributed by atoms with Gasteiger partial charge in [0.2, 0.25) is 0 Å². The lowest BCUT2D eigenvalue weighted by atomic mass is 10.2. The highest BCUT2D eigenvalue weighted by atomic mass is 32.1. The Morgan fingerprint density at radius 3 is 3.00 bits per heavy atom. The predicted molar refractivity (Wildman–Crippen MR) is 94.9 cm³/mol. The second kappa shape index (κ2) is 9.70. The molecule has 1 aliphatic rings. The van der Waals surface area contributed by atoms with Crippen molar-refractivity contribution in [1.29, 1.82) is 0 Å². The summed E-state index contributed by atoms with van der Waals surface area (Å²) in [7, 11) is 3.37. The van der Waals surface area contributed by atoms with Crippen LogP contribution in [0.5, 0.6) is 5.75 Å². The first-order chi connectivity index (χ1) is 11.2. The Morgan fingerprint density at radius 1 is 1.43 bits per heavy atom. The van der Waals surface area contributed by atoms with Crippen LogP contribution in [0.3, 0.4) is 0 Å². The summed E-state index contributed by atoms with van der Waals surface area (Å²) >= 11 is 5.56. The second-order valence-corrected chi connectivity index (χ2v) is 5.98. The molecule has 1 saturated heterocycles. The van der Waals surface area contributed by atoms with E-state index in [1.807, 2.05) is 18.2 Å². The highest BCUT2D eigenvalue weighted by molar-refractivity contribution is 7.80. The lowest BCUT2D eigenvalue weighted by Gasteiger charge is -2.28. The molecule has 1 aliphatic heterocycles. The minimum absolute atomic E-state index is 0.253. The molecular weight excluding hydrogens is 312 g/mol. The summed E-state index contributed by atoms with van der Waals surface area (Å²) in [5.74, 6) is 0.859. The Kier molecular flexibility index (Phi) is 7.58. The normalized spacial score (nSPS) is 17.0. The molecule has 1 aromatic rings. The molecule has 0 radical (unpaired) electrons. The van der Waals surface area contributed by atoms with E-state index >= 15 is 0 Å². The van der Waals surface area contributed by atoms with Gasteiger partial charge in [0, 0.05) is 33.4 Å². The minimum atomic E-state index is 0.253. The summed E-state index contributed by atoms with van der Waals surface area (Å²) in [6.07, 6.45) is 2.47. The van der Waals surface area contributed by atoms with Gasteiger partial charge in [-0.25, -0.2) is 0 Å². The van der Waals surface area contributed by atoms with E-state index in [-0.39, 0.29) is 6.10 Å². The molecule has 1 N–H and O–H groups in total. The van der Waals surface area contributed by atoms with E-state index in [2.05, 4.69) is 16.3 Å². The average molecular weight is 338 g/mol. The standard InChI is InChI=1S/C17H26N2O3S/c1-20-10-8-18-17(23)19(13-16-7-4-9-22-16)12-14-5-3-6-15(11-14)21-2/h3,5-6,11,16H,4,7-10,12-13H2,1-2H3,(H,18,23).